The second kappa shape index (κ2) is 4.70. The SMILES string of the molecule is C=C1C[C@H](Oc2ccc(Cl)nn2)C[C@@H](C)O1. The van der Waals surface area contributed by atoms with Crippen molar-refractivity contribution in [3.8, 4) is 5.88 Å². The summed E-state index contributed by atoms with van der Waals surface area (Å²) in [5.41, 5.74) is 0. The van der Waals surface area contributed by atoms with E-state index < -0.39 is 0 Å². The zero-order chi connectivity index (χ0) is 11.5. The third-order valence-corrected chi connectivity index (χ3v) is 2.51. The van der Waals surface area contributed by atoms with Crippen molar-refractivity contribution in [2.45, 2.75) is 32.0 Å². The Morgan fingerprint density at radius 2 is 2.31 bits per heavy atom. The molecule has 1 aromatic rings. The molecule has 1 saturated heterocycles. The second-order valence-electron chi connectivity index (χ2n) is 3.84. The minimum atomic E-state index is 0.0479. The highest BCUT2D eigenvalue weighted by Gasteiger charge is 2.24. The molecule has 0 aliphatic carbocycles. The molecule has 2 atom stereocenters. The molecule has 2 heterocycles. The summed E-state index contributed by atoms with van der Waals surface area (Å²) in [7, 11) is 0. The molecule has 0 aromatic carbocycles. The first-order valence-electron chi connectivity index (χ1n) is 5.14. The Hall–Kier alpha value is -1.29. The van der Waals surface area contributed by atoms with Crippen LogP contribution in [-0.4, -0.2) is 22.4 Å². The maximum atomic E-state index is 5.68. The van der Waals surface area contributed by atoms with Crippen molar-refractivity contribution in [1.82, 2.24) is 10.2 Å². The number of rotatable bonds is 2. The predicted octanol–water partition coefficient (Wildman–Crippen LogP) is 2.59. The zero-order valence-corrected chi connectivity index (χ0v) is 9.78. The summed E-state index contributed by atoms with van der Waals surface area (Å²) in [5.74, 6) is 1.24. The van der Waals surface area contributed by atoms with E-state index in [1.165, 1.54) is 0 Å². The summed E-state index contributed by atoms with van der Waals surface area (Å²) in [6, 6.07) is 3.36. The molecule has 0 spiro atoms. The van der Waals surface area contributed by atoms with Crippen LogP contribution in [0.4, 0.5) is 0 Å². The molecule has 86 valence electrons. The predicted molar refractivity (Wildman–Crippen MR) is 60.4 cm³/mol. The van der Waals surface area contributed by atoms with Crippen LogP contribution in [0.3, 0.4) is 0 Å². The number of halogens is 1. The summed E-state index contributed by atoms with van der Waals surface area (Å²) >= 11 is 5.64. The highest BCUT2D eigenvalue weighted by molar-refractivity contribution is 6.29. The molecule has 1 aliphatic rings. The van der Waals surface area contributed by atoms with Gasteiger partial charge in [0.1, 0.15) is 6.10 Å². The number of nitrogens with zero attached hydrogens (tertiary/aromatic N) is 2. The minimum absolute atomic E-state index is 0.0479. The Kier molecular flexibility index (Phi) is 3.29. The van der Waals surface area contributed by atoms with Gasteiger partial charge < -0.3 is 9.47 Å². The molecule has 1 aliphatic heterocycles. The molecule has 0 radical (unpaired) electrons. The Morgan fingerprint density at radius 1 is 1.50 bits per heavy atom. The lowest BCUT2D eigenvalue weighted by Gasteiger charge is -2.29. The first-order valence-corrected chi connectivity index (χ1v) is 5.51. The van der Waals surface area contributed by atoms with E-state index in [1.54, 1.807) is 12.1 Å². The highest BCUT2D eigenvalue weighted by Crippen LogP contribution is 2.24. The van der Waals surface area contributed by atoms with E-state index in [0.29, 0.717) is 17.5 Å². The molecule has 0 N–H and O–H groups in total. The molecule has 0 unspecified atom stereocenters. The van der Waals surface area contributed by atoms with Gasteiger partial charge in [0.2, 0.25) is 5.88 Å². The third-order valence-electron chi connectivity index (χ3n) is 2.31. The van der Waals surface area contributed by atoms with E-state index in [2.05, 4.69) is 16.8 Å². The Labute approximate surface area is 99.2 Å². The average Bonchev–Trinajstić information content (AvgIpc) is 2.20. The van der Waals surface area contributed by atoms with Crippen molar-refractivity contribution in [1.29, 1.82) is 0 Å². The van der Waals surface area contributed by atoms with Gasteiger partial charge in [0.05, 0.1) is 11.9 Å². The first-order chi connectivity index (χ1) is 7.63. The van der Waals surface area contributed by atoms with Gasteiger partial charge in [0.15, 0.2) is 5.15 Å². The zero-order valence-electron chi connectivity index (χ0n) is 9.02. The van der Waals surface area contributed by atoms with Crippen LogP contribution in [0.5, 0.6) is 5.88 Å². The largest absolute Gasteiger partial charge is 0.495 e. The van der Waals surface area contributed by atoms with Crippen molar-refractivity contribution in [3.05, 3.63) is 29.6 Å². The van der Waals surface area contributed by atoms with Gasteiger partial charge in [-0.25, -0.2) is 0 Å². The van der Waals surface area contributed by atoms with Crippen molar-refractivity contribution in [3.63, 3.8) is 0 Å². The normalized spacial score (nSPS) is 25.0. The molecule has 0 amide bonds. The van der Waals surface area contributed by atoms with Gasteiger partial charge in [0.25, 0.3) is 0 Å². The van der Waals surface area contributed by atoms with Gasteiger partial charge >= 0.3 is 0 Å². The fourth-order valence-electron chi connectivity index (χ4n) is 1.72. The van der Waals surface area contributed by atoms with Crippen molar-refractivity contribution in [2.24, 2.45) is 0 Å². The fourth-order valence-corrected chi connectivity index (χ4v) is 1.82. The lowest BCUT2D eigenvalue weighted by Crippen LogP contribution is -2.29. The molecule has 5 heteroatoms. The van der Waals surface area contributed by atoms with Crippen LogP contribution in [-0.2, 0) is 4.74 Å². The van der Waals surface area contributed by atoms with E-state index in [9.17, 15) is 0 Å². The van der Waals surface area contributed by atoms with Crippen LogP contribution in [0, 0.1) is 0 Å². The van der Waals surface area contributed by atoms with Crippen LogP contribution < -0.4 is 4.74 Å². The third kappa shape index (κ3) is 2.85. The molecular weight excluding hydrogens is 228 g/mol. The molecule has 16 heavy (non-hydrogen) atoms. The van der Waals surface area contributed by atoms with Crippen molar-refractivity contribution < 1.29 is 9.47 Å². The summed E-state index contributed by atoms with van der Waals surface area (Å²) in [6.07, 6.45) is 1.69. The maximum Gasteiger partial charge on any atom is 0.233 e. The molecule has 0 saturated carbocycles. The number of ether oxygens (including phenoxy) is 2. The van der Waals surface area contributed by atoms with E-state index in [-0.39, 0.29) is 12.2 Å². The minimum Gasteiger partial charge on any atom is -0.495 e. The van der Waals surface area contributed by atoms with E-state index in [0.717, 1.165) is 12.2 Å². The quantitative estimate of drug-likeness (QED) is 0.797. The average molecular weight is 241 g/mol. The lowest BCUT2D eigenvalue weighted by atomic mass is 10.1. The molecule has 2 rings (SSSR count). The van der Waals surface area contributed by atoms with E-state index in [1.807, 2.05) is 6.92 Å². The highest BCUT2D eigenvalue weighted by atomic mass is 35.5. The summed E-state index contributed by atoms with van der Waals surface area (Å²) in [5, 5.41) is 7.93. The number of hydrogen-bond acceptors (Lipinski definition) is 4. The lowest BCUT2D eigenvalue weighted by molar-refractivity contribution is 0.0205. The molecule has 1 fully saturated rings. The van der Waals surface area contributed by atoms with E-state index >= 15 is 0 Å². The Bertz CT molecular complexity index is 380. The topological polar surface area (TPSA) is 44.2 Å². The molecule has 1 aromatic heterocycles. The van der Waals surface area contributed by atoms with Gasteiger partial charge in [0, 0.05) is 18.9 Å². The molecule has 0 bridgehead atoms. The van der Waals surface area contributed by atoms with Gasteiger partial charge in [-0.3, -0.25) is 0 Å². The van der Waals surface area contributed by atoms with Gasteiger partial charge in [-0.1, -0.05) is 18.2 Å². The fraction of sp³-hybridized carbons (Fsp3) is 0.455. The van der Waals surface area contributed by atoms with Crippen LogP contribution in [0.2, 0.25) is 5.15 Å². The number of hydrogen-bond donors (Lipinski definition) is 0. The van der Waals surface area contributed by atoms with Crippen LogP contribution in [0.25, 0.3) is 0 Å². The van der Waals surface area contributed by atoms with Crippen molar-refractivity contribution in [2.75, 3.05) is 0 Å². The first kappa shape index (κ1) is 11.2. The standard InChI is InChI=1S/C11H13ClN2O2/c1-7-5-9(6-8(2)15-7)16-11-4-3-10(12)13-14-11/h3-4,8-9H,1,5-6H2,2H3/t8-,9+/m1/s1. The number of aromatic nitrogens is 2. The second-order valence-corrected chi connectivity index (χ2v) is 4.23. The Morgan fingerprint density at radius 3 is 2.94 bits per heavy atom. The summed E-state index contributed by atoms with van der Waals surface area (Å²) in [6.45, 7) is 5.81. The van der Waals surface area contributed by atoms with Gasteiger partial charge in [-0.2, -0.15) is 0 Å². The summed E-state index contributed by atoms with van der Waals surface area (Å²) < 4.78 is 11.1. The van der Waals surface area contributed by atoms with Crippen LogP contribution >= 0.6 is 11.6 Å². The molecule has 4 nitrogen and oxygen atoms in total. The Balaban J connectivity index is 1.98. The van der Waals surface area contributed by atoms with Crippen LogP contribution in [0.1, 0.15) is 19.8 Å². The van der Waals surface area contributed by atoms with Crippen molar-refractivity contribution >= 4 is 11.6 Å². The monoisotopic (exact) mass is 240 g/mol. The molecular formula is C11H13ClN2O2. The maximum absolute atomic E-state index is 5.68. The van der Waals surface area contributed by atoms with Gasteiger partial charge in [-0.15, -0.1) is 10.2 Å². The van der Waals surface area contributed by atoms with Gasteiger partial charge in [-0.05, 0) is 13.0 Å². The smallest absolute Gasteiger partial charge is 0.233 e. The van der Waals surface area contributed by atoms with E-state index in [4.69, 9.17) is 21.1 Å². The van der Waals surface area contributed by atoms with Crippen LogP contribution in [0.15, 0.2) is 24.5 Å². The summed E-state index contributed by atoms with van der Waals surface area (Å²) in [4.78, 5) is 0.